The lowest BCUT2D eigenvalue weighted by Gasteiger charge is -2.30. The molecule has 1 saturated heterocycles. The molecule has 1 fully saturated rings. The number of aliphatic hydroxyl groups excluding tert-OH is 3. The van der Waals surface area contributed by atoms with Gasteiger partial charge < -0.3 is 56.0 Å². The maximum Gasteiger partial charge on any atom is 0.481 e. The van der Waals surface area contributed by atoms with E-state index in [9.17, 15) is 62.7 Å². The molecule has 30 heteroatoms. The van der Waals surface area contributed by atoms with E-state index in [0.29, 0.717) is 0 Å². The molecule has 57 heavy (non-hydrogen) atoms. The quantitative estimate of drug-likeness (QED) is 0.0322. The number of aromatic nitrogens is 4. The van der Waals surface area contributed by atoms with Crippen LogP contribution in [0, 0.1) is 5.41 Å². The van der Waals surface area contributed by atoms with Gasteiger partial charge in [0, 0.05) is 43.7 Å². The van der Waals surface area contributed by atoms with Gasteiger partial charge in [-0.25, -0.2) is 28.6 Å². The summed E-state index contributed by atoms with van der Waals surface area (Å²) in [5.41, 5.74) is 4.20. The average molecular weight is 896 g/mol. The van der Waals surface area contributed by atoms with Crippen molar-refractivity contribution < 1.29 is 90.4 Å². The topological polar surface area (TPSA) is 401 Å². The Hall–Kier alpha value is -2.81. The number of phosphoric acid groups is 3. The van der Waals surface area contributed by atoms with Crippen LogP contribution in [-0.4, -0.2) is 140 Å². The first kappa shape index (κ1) is 48.6. The molecule has 1 aliphatic rings. The Labute approximate surface area is 327 Å². The normalized spacial score (nSPS) is 21.4. The second-order valence-electron chi connectivity index (χ2n) is 12.8. The van der Waals surface area contributed by atoms with Crippen LogP contribution < -0.4 is 16.4 Å². The second kappa shape index (κ2) is 20.9. The molecule has 2 aromatic rings. The van der Waals surface area contributed by atoms with E-state index in [2.05, 4.69) is 34.4 Å². The third-order valence-corrected chi connectivity index (χ3v) is 11.7. The number of carbonyl (C=O) groups excluding carboxylic acids is 4. The Balaban J connectivity index is 1.47. The summed E-state index contributed by atoms with van der Waals surface area (Å²) in [4.78, 5) is 98.9. The van der Waals surface area contributed by atoms with Crippen molar-refractivity contribution in [2.24, 2.45) is 5.41 Å². The highest BCUT2D eigenvalue weighted by molar-refractivity contribution is 8.13. The summed E-state index contributed by atoms with van der Waals surface area (Å²) in [5, 5.41) is 34.6. The van der Waals surface area contributed by atoms with Gasteiger partial charge in [0.1, 0.15) is 42.0 Å². The number of nitrogens with zero attached hydrogens (tertiary/aromatic N) is 4. The fraction of sp³-hybridized carbons (Fsp3) is 0.667. The first-order valence-electron chi connectivity index (χ1n) is 16.6. The van der Waals surface area contributed by atoms with E-state index in [-0.39, 0.29) is 79.0 Å². The molecule has 1 aliphatic heterocycles. The average Bonchev–Trinajstić information content (AvgIpc) is 3.67. The van der Waals surface area contributed by atoms with E-state index < -0.39 is 84.6 Å². The Morgan fingerprint density at radius 3 is 2.39 bits per heavy atom. The third-order valence-electron chi connectivity index (χ3n) is 7.72. The number of amides is 2. The van der Waals surface area contributed by atoms with E-state index in [4.69, 9.17) is 24.6 Å². The molecule has 0 saturated carbocycles. The summed E-state index contributed by atoms with van der Waals surface area (Å²) in [7, 11) is -16.4. The predicted octanol–water partition coefficient (Wildman–Crippen LogP) is -1.60. The second-order valence-corrected chi connectivity index (χ2v) is 18.2. The van der Waals surface area contributed by atoms with Gasteiger partial charge in [-0.2, -0.15) is 4.31 Å². The number of ether oxygens (including phenoxy) is 1. The van der Waals surface area contributed by atoms with Crippen LogP contribution in [-0.2, 0) is 55.5 Å². The van der Waals surface area contributed by atoms with Gasteiger partial charge in [0.05, 0.1) is 26.0 Å². The zero-order valence-corrected chi connectivity index (χ0v) is 33.8. The van der Waals surface area contributed by atoms with Crippen molar-refractivity contribution in [3.8, 4) is 0 Å². The minimum absolute atomic E-state index is 0.0203. The van der Waals surface area contributed by atoms with Crippen LogP contribution in [0.1, 0.15) is 45.8 Å². The van der Waals surface area contributed by atoms with Crippen LogP contribution in [0.4, 0.5) is 5.82 Å². The molecule has 2 amide bonds. The van der Waals surface area contributed by atoms with Crippen molar-refractivity contribution in [1.82, 2.24) is 30.2 Å². The Morgan fingerprint density at radius 2 is 1.72 bits per heavy atom. The van der Waals surface area contributed by atoms with Crippen LogP contribution >= 0.6 is 35.2 Å². The first-order valence-corrected chi connectivity index (χ1v) is 22.1. The summed E-state index contributed by atoms with van der Waals surface area (Å²) >= 11 is 0.849. The number of carbonyl (C=O) groups is 4. The molecule has 0 spiro atoms. The van der Waals surface area contributed by atoms with Crippen LogP contribution in [0.3, 0.4) is 0 Å². The van der Waals surface area contributed by atoms with Crippen LogP contribution in [0.2, 0.25) is 0 Å². The zero-order chi connectivity index (χ0) is 42.8. The minimum atomic E-state index is -5.59. The minimum Gasteiger partial charge on any atom is -0.396 e. The van der Waals surface area contributed by atoms with Gasteiger partial charge in [-0.1, -0.05) is 25.6 Å². The lowest BCUT2D eigenvalue weighted by Crippen LogP contribution is -2.46. The largest absolute Gasteiger partial charge is 0.481 e. The molecular weight excluding hydrogens is 851 g/mol. The Morgan fingerprint density at radius 1 is 1.04 bits per heavy atom. The molecule has 26 nitrogen and oxygen atoms in total. The van der Waals surface area contributed by atoms with Crippen molar-refractivity contribution in [3.63, 3.8) is 0 Å². The number of thioether (sulfide) groups is 1. The van der Waals surface area contributed by atoms with Crippen LogP contribution in [0.25, 0.3) is 11.2 Å². The first-order chi connectivity index (χ1) is 26.4. The molecule has 2 aromatic heterocycles. The molecule has 11 N–H and O–H groups in total. The maximum atomic E-state index is 12.7. The molecular formula is C27H44N7O19P3S. The maximum absolute atomic E-state index is 12.7. The molecule has 0 aliphatic carbocycles. The number of anilines is 1. The van der Waals surface area contributed by atoms with Gasteiger partial charge in [-0.05, 0) is 6.42 Å². The van der Waals surface area contributed by atoms with Crippen LogP contribution in [0.5, 0.6) is 0 Å². The number of rotatable bonds is 24. The lowest BCUT2D eigenvalue weighted by atomic mass is 9.87. The number of nitrogen functional groups attached to an aromatic ring is 1. The number of fused-ring (bicyclic) bond motifs is 1. The summed E-state index contributed by atoms with van der Waals surface area (Å²) in [6.45, 7) is 0.0579. The van der Waals surface area contributed by atoms with Gasteiger partial charge in [0.25, 0.3) is 0 Å². The number of Topliss-reactive ketones (excluding diaryl/α,β-unsaturated/α-hetero) is 1. The standard InChI is InChI=1S/C27H44N7O19P3S/c1-27(2,22(40)25(41)30-6-5-17(37)29-7-9-57-18(38)10-15(36)4-3-8-35)12-50-56(47,48)53-55(45,46)49-11-16-21(52-54(42,43)44)20(39)26(51-16)34-14-33-19-23(28)31-13-32-24(19)34/h13-14,16,20-22,26,35,39-40H,3-12H2,1-2H3,(H,29,37)(H,30,41)(H,45,46)(H,47,48)(H2,28,31,32)(H2,42,43,44)/t16-,20-,21-,22?,26-/m1/s1. The van der Waals surface area contributed by atoms with Crippen molar-refractivity contribution in [2.45, 2.75) is 70.2 Å². The van der Waals surface area contributed by atoms with Gasteiger partial charge in [0.2, 0.25) is 11.8 Å². The molecule has 0 aromatic carbocycles. The fourth-order valence-corrected chi connectivity index (χ4v) is 8.40. The molecule has 3 unspecified atom stereocenters. The SMILES string of the molecule is CC(C)(COP(=O)(O)OP(=O)(O)OC[C@H]1O[C@@H](n2cnc3c(N)ncnc32)[C@H](O)[C@@H]1OP(=O)(O)O)C(O)C(=O)NCCC(=O)NCCSC(=O)CC(=O)CCCO. The summed E-state index contributed by atoms with van der Waals surface area (Å²) in [6.07, 6.45) is -7.03. The number of hydrogen-bond donors (Lipinski definition) is 10. The molecule has 3 rings (SSSR count). The third kappa shape index (κ3) is 15.4. The van der Waals surface area contributed by atoms with Crippen molar-refractivity contribution in [1.29, 1.82) is 0 Å². The predicted molar refractivity (Wildman–Crippen MR) is 193 cm³/mol. The summed E-state index contributed by atoms with van der Waals surface area (Å²) in [5.74, 6) is -1.70. The summed E-state index contributed by atoms with van der Waals surface area (Å²) < 4.78 is 62.0. The number of hydrogen-bond acceptors (Lipinski definition) is 20. The smallest absolute Gasteiger partial charge is 0.396 e. The number of imidazole rings is 1. The molecule has 0 bridgehead atoms. The molecule has 0 radical (unpaired) electrons. The van der Waals surface area contributed by atoms with Crippen molar-refractivity contribution in [3.05, 3.63) is 12.7 Å². The highest BCUT2D eigenvalue weighted by atomic mass is 32.2. The molecule has 3 heterocycles. The van der Waals surface area contributed by atoms with Crippen LogP contribution in [0.15, 0.2) is 12.7 Å². The van der Waals surface area contributed by atoms with Gasteiger partial charge in [-0.3, -0.25) is 37.3 Å². The monoisotopic (exact) mass is 895 g/mol. The number of nitrogens with one attached hydrogen (secondary N) is 2. The van der Waals surface area contributed by atoms with E-state index in [0.717, 1.165) is 29.0 Å². The highest BCUT2D eigenvalue weighted by Gasteiger charge is 2.50. The number of nitrogens with two attached hydrogens (primary N) is 1. The van der Waals surface area contributed by atoms with E-state index in [1.807, 2.05) is 0 Å². The van der Waals surface area contributed by atoms with Crippen molar-refractivity contribution in [2.75, 3.05) is 44.4 Å². The van der Waals surface area contributed by atoms with E-state index in [1.165, 1.54) is 13.8 Å². The number of ketones is 1. The number of aliphatic hydroxyl groups is 3. The van der Waals surface area contributed by atoms with E-state index in [1.54, 1.807) is 0 Å². The fourth-order valence-electron chi connectivity index (χ4n) is 4.87. The summed E-state index contributed by atoms with van der Waals surface area (Å²) in [6, 6.07) is 0. The lowest BCUT2D eigenvalue weighted by molar-refractivity contribution is -0.137. The van der Waals surface area contributed by atoms with E-state index >= 15 is 0 Å². The molecule has 7 atom stereocenters. The van der Waals surface area contributed by atoms with Gasteiger partial charge in [0.15, 0.2) is 22.8 Å². The Kier molecular flexibility index (Phi) is 17.8. The highest BCUT2D eigenvalue weighted by Crippen LogP contribution is 2.61. The van der Waals surface area contributed by atoms with Gasteiger partial charge in [-0.15, -0.1) is 0 Å². The zero-order valence-electron chi connectivity index (χ0n) is 30.3. The number of phosphoric ester groups is 3. The Bertz CT molecular complexity index is 1880. The van der Waals surface area contributed by atoms with Gasteiger partial charge >= 0.3 is 23.5 Å². The van der Waals surface area contributed by atoms with Crippen molar-refractivity contribution >= 4 is 74.9 Å². The molecule has 322 valence electrons.